The number of esters is 2. The van der Waals surface area contributed by atoms with E-state index < -0.39 is 17.4 Å². The maximum absolute atomic E-state index is 12.7. The fourth-order valence-electron chi connectivity index (χ4n) is 2.96. The topological polar surface area (TPSA) is 72.9 Å². The largest absolute Gasteiger partial charge is 0.465 e. The van der Waals surface area contributed by atoms with Gasteiger partial charge in [-0.2, -0.15) is 0 Å². The zero-order valence-corrected chi connectivity index (χ0v) is 14.7. The van der Waals surface area contributed by atoms with Gasteiger partial charge < -0.3 is 14.4 Å². The summed E-state index contributed by atoms with van der Waals surface area (Å²) in [6.07, 6.45) is 0.0809. The number of halogens is 1. The lowest BCUT2D eigenvalue weighted by Crippen LogP contribution is -2.53. The van der Waals surface area contributed by atoms with Crippen LogP contribution in [0.15, 0.2) is 18.2 Å². The van der Waals surface area contributed by atoms with Crippen LogP contribution in [0.3, 0.4) is 0 Å². The van der Waals surface area contributed by atoms with Gasteiger partial charge in [0, 0.05) is 29.7 Å². The van der Waals surface area contributed by atoms with Crippen LogP contribution in [0.25, 0.3) is 0 Å². The van der Waals surface area contributed by atoms with Gasteiger partial charge in [-0.3, -0.25) is 14.4 Å². The number of anilines is 1. The number of amides is 1. The summed E-state index contributed by atoms with van der Waals surface area (Å²) in [4.78, 5) is 38.9. The number of carbonyl (C=O) groups excluding carboxylic acids is 3. The highest BCUT2D eigenvalue weighted by molar-refractivity contribution is 6.31. The Bertz CT molecular complexity index is 655. The zero-order chi connectivity index (χ0) is 17.9. The van der Waals surface area contributed by atoms with Gasteiger partial charge in [0.15, 0.2) is 5.41 Å². The van der Waals surface area contributed by atoms with Crippen molar-refractivity contribution in [1.29, 1.82) is 0 Å². The zero-order valence-electron chi connectivity index (χ0n) is 13.9. The molecule has 0 unspecified atom stereocenters. The molecule has 130 valence electrons. The van der Waals surface area contributed by atoms with Crippen LogP contribution in [0.5, 0.6) is 0 Å². The van der Waals surface area contributed by atoms with Crippen LogP contribution in [0.1, 0.15) is 32.8 Å². The third-order valence-corrected chi connectivity index (χ3v) is 4.28. The highest BCUT2D eigenvalue weighted by atomic mass is 35.5. The lowest BCUT2D eigenvalue weighted by atomic mass is 9.74. The molecule has 0 aromatic heterocycles. The molecule has 2 rings (SSSR count). The van der Waals surface area contributed by atoms with Gasteiger partial charge in [-0.05, 0) is 38.5 Å². The normalized spacial score (nSPS) is 15.4. The first-order valence-corrected chi connectivity index (χ1v) is 8.18. The van der Waals surface area contributed by atoms with Crippen LogP contribution >= 0.6 is 11.6 Å². The van der Waals surface area contributed by atoms with E-state index in [0.29, 0.717) is 16.3 Å². The number of ether oxygens (including phenoxy) is 2. The molecule has 1 amide bonds. The molecule has 7 heteroatoms. The number of carbonyl (C=O) groups is 3. The predicted octanol–water partition coefficient (Wildman–Crippen LogP) is 2.46. The smallest absolute Gasteiger partial charge is 0.328 e. The molecule has 0 fully saturated rings. The Labute approximate surface area is 145 Å². The van der Waals surface area contributed by atoms with E-state index in [1.54, 1.807) is 26.0 Å². The minimum Gasteiger partial charge on any atom is -0.465 e. The Morgan fingerprint density at radius 2 is 1.75 bits per heavy atom. The molecule has 0 radical (unpaired) electrons. The molecule has 0 atom stereocenters. The van der Waals surface area contributed by atoms with E-state index in [1.807, 2.05) is 0 Å². The molecule has 1 heterocycles. The van der Waals surface area contributed by atoms with E-state index in [1.165, 1.54) is 17.9 Å². The van der Waals surface area contributed by atoms with E-state index >= 15 is 0 Å². The summed E-state index contributed by atoms with van der Waals surface area (Å²) in [5.74, 6) is -1.55. The van der Waals surface area contributed by atoms with E-state index in [0.717, 1.165) is 0 Å². The standard InChI is InChI=1S/C17H20ClNO5/c1-4-23-15(21)17(16(22)24-5-2)8-9-19(11(3)20)14-7-6-12(18)10-13(14)17/h6-7,10H,4-5,8-9H2,1-3H3. The minimum atomic E-state index is -1.61. The average molecular weight is 354 g/mol. The third kappa shape index (κ3) is 2.98. The van der Waals surface area contributed by atoms with Crippen LogP contribution in [0.2, 0.25) is 5.02 Å². The Balaban J connectivity index is 2.69. The van der Waals surface area contributed by atoms with Gasteiger partial charge in [0.25, 0.3) is 0 Å². The predicted molar refractivity (Wildman–Crippen MR) is 89.0 cm³/mol. The molecule has 0 bridgehead atoms. The van der Waals surface area contributed by atoms with Crippen molar-refractivity contribution in [3.63, 3.8) is 0 Å². The summed E-state index contributed by atoms with van der Waals surface area (Å²) >= 11 is 6.09. The van der Waals surface area contributed by atoms with Crippen molar-refractivity contribution in [3.05, 3.63) is 28.8 Å². The average Bonchev–Trinajstić information content (AvgIpc) is 2.53. The summed E-state index contributed by atoms with van der Waals surface area (Å²) in [5, 5.41) is 0.358. The van der Waals surface area contributed by atoms with Gasteiger partial charge in [-0.15, -0.1) is 0 Å². The SMILES string of the molecule is CCOC(=O)C1(C(=O)OCC)CCN(C(C)=O)c2ccc(Cl)cc21. The second-order valence-corrected chi connectivity index (χ2v) is 5.86. The second-order valence-electron chi connectivity index (χ2n) is 5.43. The van der Waals surface area contributed by atoms with Crippen molar-refractivity contribution in [1.82, 2.24) is 0 Å². The molecular formula is C17H20ClNO5. The maximum Gasteiger partial charge on any atom is 0.328 e. The molecule has 0 aliphatic carbocycles. The Kier molecular flexibility index (Phi) is 5.49. The molecule has 0 saturated heterocycles. The van der Waals surface area contributed by atoms with Crippen LogP contribution in [0.4, 0.5) is 5.69 Å². The van der Waals surface area contributed by atoms with Gasteiger partial charge in [-0.25, -0.2) is 0 Å². The first kappa shape index (κ1) is 18.3. The van der Waals surface area contributed by atoms with Crippen LogP contribution in [-0.2, 0) is 29.3 Å². The number of benzene rings is 1. The van der Waals surface area contributed by atoms with Crippen LogP contribution in [0, 0.1) is 0 Å². The van der Waals surface area contributed by atoms with Crippen molar-refractivity contribution >= 4 is 35.1 Å². The fraction of sp³-hybridized carbons (Fsp3) is 0.471. The number of hydrogen-bond donors (Lipinski definition) is 0. The first-order chi connectivity index (χ1) is 11.4. The summed E-state index contributed by atoms with van der Waals surface area (Å²) < 4.78 is 10.3. The molecule has 1 aromatic carbocycles. The van der Waals surface area contributed by atoms with E-state index in [9.17, 15) is 14.4 Å². The van der Waals surface area contributed by atoms with Gasteiger partial charge in [0.1, 0.15) is 0 Å². The van der Waals surface area contributed by atoms with Crippen molar-refractivity contribution in [2.75, 3.05) is 24.7 Å². The highest BCUT2D eigenvalue weighted by Gasteiger charge is 2.54. The first-order valence-electron chi connectivity index (χ1n) is 7.81. The monoisotopic (exact) mass is 353 g/mol. The molecule has 0 spiro atoms. The van der Waals surface area contributed by atoms with Gasteiger partial charge in [0.2, 0.25) is 5.91 Å². The number of rotatable bonds is 4. The second kappa shape index (κ2) is 7.21. The maximum atomic E-state index is 12.7. The van der Waals surface area contributed by atoms with Gasteiger partial charge in [-0.1, -0.05) is 11.6 Å². The van der Waals surface area contributed by atoms with Crippen LogP contribution < -0.4 is 4.90 Å². The van der Waals surface area contributed by atoms with Crippen molar-refractivity contribution < 1.29 is 23.9 Å². The van der Waals surface area contributed by atoms with Crippen LogP contribution in [-0.4, -0.2) is 37.6 Å². The lowest BCUT2D eigenvalue weighted by molar-refractivity contribution is -0.165. The highest BCUT2D eigenvalue weighted by Crippen LogP contribution is 2.43. The number of nitrogens with zero attached hydrogens (tertiary/aromatic N) is 1. The molecular weight excluding hydrogens is 334 g/mol. The Morgan fingerprint density at radius 3 is 2.25 bits per heavy atom. The summed E-state index contributed by atoms with van der Waals surface area (Å²) in [6, 6.07) is 4.77. The summed E-state index contributed by atoms with van der Waals surface area (Å²) in [5.41, 5.74) is -0.800. The number of hydrogen-bond acceptors (Lipinski definition) is 5. The molecule has 6 nitrogen and oxygen atoms in total. The van der Waals surface area contributed by atoms with Crippen molar-refractivity contribution in [2.24, 2.45) is 0 Å². The van der Waals surface area contributed by atoms with Crippen molar-refractivity contribution in [3.8, 4) is 0 Å². The van der Waals surface area contributed by atoms with Gasteiger partial charge in [0.05, 0.1) is 13.2 Å². The summed E-state index contributed by atoms with van der Waals surface area (Å²) in [7, 11) is 0. The molecule has 1 aliphatic heterocycles. The van der Waals surface area contributed by atoms with E-state index in [4.69, 9.17) is 21.1 Å². The Hall–Kier alpha value is -2.08. The van der Waals surface area contributed by atoms with Gasteiger partial charge >= 0.3 is 11.9 Å². The Morgan fingerprint density at radius 1 is 1.17 bits per heavy atom. The number of fused-ring (bicyclic) bond motifs is 1. The molecule has 1 aliphatic rings. The quantitative estimate of drug-likeness (QED) is 0.614. The van der Waals surface area contributed by atoms with E-state index in [2.05, 4.69) is 0 Å². The summed E-state index contributed by atoms with van der Waals surface area (Å²) in [6.45, 7) is 5.24. The lowest BCUT2D eigenvalue weighted by Gasteiger charge is -2.39. The molecule has 24 heavy (non-hydrogen) atoms. The third-order valence-electron chi connectivity index (χ3n) is 4.05. The minimum absolute atomic E-state index is 0.0809. The van der Waals surface area contributed by atoms with E-state index in [-0.39, 0.29) is 32.1 Å². The molecule has 1 aromatic rings. The fourth-order valence-corrected chi connectivity index (χ4v) is 3.14. The van der Waals surface area contributed by atoms with Crippen molar-refractivity contribution in [2.45, 2.75) is 32.6 Å². The molecule has 0 N–H and O–H groups in total. The molecule has 0 saturated carbocycles.